The fourth-order valence-electron chi connectivity index (χ4n) is 1.99. The van der Waals surface area contributed by atoms with Crippen molar-refractivity contribution in [3.05, 3.63) is 42.7 Å². The number of nitrogens with zero attached hydrogens (tertiary/aromatic N) is 2. The molecule has 22 heavy (non-hydrogen) atoms. The third kappa shape index (κ3) is 3.06. The second-order valence-corrected chi connectivity index (χ2v) is 4.77. The van der Waals surface area contributed by atoms with Gasteiger partial charge in [0.25, 0.3) is 5.89 Å². The van der Waals surface area contributed by atoms with Crippen molar-refractivity contribution in [3.63, 3.8) is 0 Å². The summed E-state index contributed by atoms with van der Waals surface area (Å²) in [4.78, 5) is 11.5. The van der Waals surface area contributed by atoms with Gasteiger partial charge in [-0.1, -0.05) is 6.92 Å². The minimum absolute atomic E-state index is 0.00754. The van der Waals surface area contributed by atoms with Crippen LogP contribution in [0.3, 0.4) is 0 Å². The molecular weight excluding hydrogens is 282 g/mol. The molecule has 6 heteroatoms. The van der Waals surface area contributed by atoms with Crippen molar-refractivity contribution in [2.24, 2.45) is 0 Å². The fraction of sp³-hybridized carbons (Fsp3) is 0.188. The Kier molecular flexibility index (Phi) is 4.00. The maximum absolute atomic E-state index is 11.5. The quantitative estimate of drug-likeness (QED) is 0.776. The van der Waals surface area contributed by atoms with Gasteiger partial charge < -0.3 is 14.2 Å². The van der Waals surface area contributed by atoms with Gasteiger partial charge in [-0.05, 0) is 42.8 Å². The Morgan fingerprint density at radius 1 is 1.14 bits per heavy atom. The summed E-state index contributed by atoms with van der Waals surface area (Å²) in [6.07, 6.45) is 2.88. The molecule has 1 N–H and O–H groups in total. The Labute approximate surface area is 127 Å². The van der Waals surface area contributed by atoms with E-state index in [1.54, 1.807) is 30.5 Å². The van der Waals surface area contributed by atoms with Gasteiger partial charge in [-0.15, -0.1) is 10.2 Å². The van der Waals surface area contributed by atoms with Crippen LogP contribution in [-0.2, 0) is 4.79 Å². The predicted octanol–water partition coefficient (Wildman–Crippen LogP) is 3.74. The predicted molar refractivity (Wildman–Crippen MR) is 81.0 cm³/mol. The van der Waals surface area contributed by atoms with Crippen LogP contribution in [0.5, 0.6) is 0 Å². The normalized spacial score (nSPS) is 10.6. The van der Waals surface area contributed by atoms with Gasteiger partial charge >= 0.3 is 0 Å². The van der Waals surface area contributed by atoms with Crippen molar-refractivity contribution in [1.29, 1.82) is 0 Å². The molecule has 0 fully saturated rings. The molecule has 2 heterocycles. The van der Waals surface area contributed by atoms with Crippen molar-refractivity contribution < 1.29 is 13.6 Å². The van der Waals surface area contributed by atoms with Crippen LogP contribution in [0.25, 0.3) is 23.1 Å². The molecule has 0 spiro atoms. The Bertz CT molecular complexity index is 745. The average Bonchev–Trinajstić information content (AvgIpc) is 3.19. The first-order valence-corrected chi connectivity index (χ1v) is 7.04. The van der Waals surface area contributed by atoms with Crippen LogP contribution in [0.2, 0.25) is 0 Å². The second kappa shape index (κ2) is 6.26. The molecule has 0 unspecified atom stereocenters. The first-order chi connectivity index (χ1) is 10.8. The first kappa shape index (κ1) is 14.1. The number of hydrogen-bond acceptors (Lipinski definition) is 5. The summed E-state index contributed by atoms with van der Waals surface area (Å²) in [5, 5.41) is 10.8. The Morgan fingerprint density at radius 3 is 2.59 bits per heavy atom. The summed E-state index contributed by atoms with van der Waals surface area (Å²) in [6.45, 7) is 1.97. The average molecular weight is 297 g/mol. The van der Waals surface area contributed by atoms with E-state index in [4.69, 9.17) is 8.83 Å². The molecule has 6 nitrogen and oxygen atoms in total. The highest BCUT2D eigenvalue weighted by molar-refractivity contribution is 5.90. The molecule has 0 aliphatic heterocycles. The van der Waals surface area contributed by atoms with E-state index in [2.05, 4.69) is 15.5 Å². The molecule has 112 valence electrons. The Hall–Kier alpha value is -2.89. The zero-order valence-electron chi connectivity index (χ0n) is 12.1. The number of carbonyl (C=O) groups excluding carboxylic acids is 1. The van der Waals surface area contributed by atoms with Crippen LogP contribution in [0.4, 0.5) is 5.69 Å². The zero-order chi connectivity index (χ0) is 15.4. The number of amides is 1. The lowest BCUT2D eigenvalue weighted by Gasteiger charge is -2.04. The molecule has 0 bridgehead atoms. The highest BCUT2D eigenvalue weighted by Crippen LogP contribution is 2.25. The maximum Gasteiger partial charge on any atom is 0.283 e. The van der Waals surface area contributed by atoms with Gasteiger partial charge in [0.1, 0.15) is 0 Å². The molecule has 0 radical (unpaired) electrons. The molecule has 3 aromatic rings. The topological polar surface area (TPSA) is 81.2 Å². The van der Waals surface area contributed by atoms with Crippen molar-refractivity contribution in [1.82, 2.24) is 10.2 Å². The lowest BCUT2D eigenvalue weighted by molar-refractivity contribution is -0.116. The van der Waals surface area contributed by atoms with Gasteiger partial charge in [-0.3, -0.25) is 4.79 Å². The maximum atomic E-state index is 11.5. The molecule has 0 saturated heterocycles. The van der Waals surface area contributed by atoms with Crippen molar-refractivity contribution in [3.8, 4) is 23.1 Å². The summed E-state index contributed by atoms with van der Waals surface area (Å²) < 4.78 is 10.8. The first-order valence-electron chi connectivity index (χ1n) is 7.04. The minimum Gasteiger partial charge on any atom is -0.459 e. The Balaban J connectivity index is 1.74. The number of furan rings is 1. The molecule has 1 aromatic carbocycles. The number of carbonyl (C=O) groups is 1. The van der Waals surface area contributed by atoms with E-state index in [9.17, 15) is 4.79 Å². The number of aromatic nitrogens is 2. The van der Waals surface area contributed by atoms with Crippen molar-refractivity contribution >= 4 is 11.6 Å². The lowest BCUT2D eigenvalue weighted by Crippen LogP contribution is -2.10. The molecular formula is C16H15N3O3. The van der Waals surface area contributed by atoms with E-state index < -0.39 is 0 Å². The third-order valence-corrected chi connectivity index (χ3v) is 3.05. The second-order valence-electron chi connectivity index (χ2n) is 4.77. The zero-order valence-corrected chi connectivity index (χ0v) is 12.1. The van der Waals surface area contributed by atoms with Crippen LogP contribution in [-0.4, -0.2) is 16.1 Å². The lowest BCUT2D eigenvalue weighted by atomic mass is 10.2. The standard InChI is InChI=1S/C16H15N3O3/c1-2-4-14(20)17-12-8-6-11(7-9-12)15-18-19-16(22-15)13-5-3-10-21-13/h3,5-10H,2,4H2,1H3,(H,17,20). The van der Waals surface area contributed by atoms with Gasteiger partial charge in [0.15, 0.2) is 5.76 Å². The van der Waals surface area contributed by atoms with Gasteiger partial charge in [0.05, 0.1) is 6.26 Å². The number of nitrogens with one attached hydrogen (secondary N) is 1. The van der Waals surface area contributed by atoms with Crippen LogP contribution in [0, 0.1) is 0 Å². The number of rotatable bonds is 5. The summed E-state index contributed by atoms with van der Waals surface area (Å²) in [5.41, 5.74) is 1.52. The van der Waals surface area contributed by atoms with Crippen LogP contribution in [0.15, 0.2) is 51.5 Å². The largest absolute Gasteiger partial charge is 0.459 e. The van der Waals surface area contributed by atoms with Crippen LogP contribution in [0.1, 0.15) is 19.8 Å². The van der Waals surface area contributed by atoms with E-state index >= 15 is 0 Å². The molecule has 3 rings (SSSR count). The fourth-order valence-corrected chi connectivity index (χ4v) is 1.99. The highest BCUT2D eigenvalue weighted by Gasteiger charge is 2.12. The van der Waals surface area contributed by atoms with E-state index in [1.165, 1.54) is 0 Å². The summed E-state index contributed by atoms with van der Waals surface area (Å²) in [6, 6.07) is 10.8. The molecule has 1 amide bonds. The van der Waals surface area contributed by atoms with Crippen LogP contribution < -0.4 is 5.32 Å². The number of anilines is 1. The smallest absolute Gasteiger partial charge is 0.283 e. The van der Waals surface area contributed by atoms with Gasteiger partial charge in [0, 0.05) is 17.7 Å². The molecule has 2 aromatic heterocycles. The molecule has 0 aliphatic rings. The van der Waals surface area contributed by atoms with Crippen LogP contribution >= 0.6 is 0 Å². The van der Waals surface area contributed by atoms with E-state index in [-0.39, 0.29) is 5.91 Å². The monoisotopic (exact) mass is 297 g/mol. The summed E-state index contributed by atoms with van der Waals surface area (Å²) in [7, 11) is 0. The highest BCUT2D eigenvalue weighted by atomic mass is 16.4. The molecule has 0 aliphatic carbocycles. The molecule has 0 atom stereocenters. The number of benzene rings is 1. The molecule has 0 saturated carbocycles. The van der Waals surface area contributed by atoms with Gasteiger partial charge in [-0.2, -0.15) is 0 Å². The third-order valence-electron chi connectivity index (χ3n) is 3.05. The van der Waals surface area contributed by atoms with Crippen molar-refractivity contribution in [2.75, 3.05) is 5.32 Å². The minimum atomic E-state index is 0.00754. The van der Waals surface area contributed by atoms with E-state index in [1.807, 2.05) is 19.1 Å². The SMILES string of the molecule is CCCC(=O)Nc1ccc(-c2nnc(-c3ccco3)o2)cc1. The summed E-state index contributed by atoms with van der Waals surface area (Å²) >= 11 is 0. The van der Waals surface area contributed by atoms with Gasteiger partial charge in [0.2, 0.25) is 11.8 Å². The summed E-state index contributed by atoms with van der Waals surface area (Å²) in [5.74, 6) is 1.27. The van der Waals surface area contributed by atoms with E-state index in [0.29, 0.717) is 24.0 Å². The van der Waals surface area contributed by atoms with Crippen molar-refractivity contribution in [2.45, 2.75) is 19.8 Å². The van der Waals surface area contributed by atoms with E-state index in [0.717, 1.165) is 17.7 Å². The van der Waals surface area contributed by atoms with Gasteiger partial charge in [-0.25, -0.2) is 0 Å². The Morgan fingerprint density at radius 2 is 1.91 bits per heavy atom. The number of hydrogen-bond donors (Lipinski definition) is 1.